The van der Waals surface area contributed by atoms with E-state index in [1.807, 2.05) is 53.2 Å². The van der Waals surface area contributed by atoms with Crippen LogP contribution in [0.2, 0.25) is 0 Å². The number of imidazole rings is 1. The van der Waals surface area contributed by atoms with Crippen LogP contribution in [0, 0.1) is 0 Å². The lowest BCUT2D eigenvalue weighted by Crippen LogP contribution is -2.12. The van der Waals surface area contributed by atoms with Gasteiger partial charge in [-0.2, -0.15) is 0 Å². The third kappa shape index (κ3) is 3.73. The quantitative estimate of drug-likeness (QED) is 0.248. The van der Waals surface area contributed by atoms with Crippen molar-refractivity contribution in [1.82, 2.24) is 9.55 Å². The predicted molar refractivity (Wildman–Crippen MR) is 92.1 cm³/mol. The molecule has 5 nitrogen and oxygen atoms in total. The molecule has 0 atom stereocenters. The van der Waals surface area contributed by atoms with Crippen molar-refractivity contribution in [3.05, 3.63) is 78.4 Å². The molecule has 0 aliphatic carbocycles. The number of aromatic nitrogens is 2. The molecule has 3 rings (SSSR count). The van der Waals surface area contributed by atoms with Crippen LogP contribution < -0.4 is 5.73 Å². The fraction of sp³-hybridized carbons (Fsp3) is 0.0588. The van der Waals surface area contributed by atoms with Gasteiger partial charge in [0.1, 0.15) is 0 Å². The second-order valence-corrected chi connectivity index (χ2v) is 5.95. The lowest BCUT2D eigenvalue weighted by molar-refractivity contribution is 0.318. The van der Waals surface area contributed by atoms with E-state index in [1.165, 1.54) is 4.90 Å². The summed E-state index contributed by atoms with van der Waals surface area (Å²) in [4.78, 5) is 5.66. The molecule has 3 aromatic rings. The van der Waals surface area contributed by atoms with E-state index < -0.39 is 0 Å². The largest absolute Gasteiger partial charge is 0.409 e. The third-order valence-corrected chi connectivity index (χ3v) is 4.38. The Balaban J connectivity index is 1.69. The molecule has 0 aliphatic heterocycles. The molecule has 0 amide bonds. The van der Waals surface area contributed by atoms with Crippen molar-refractivity contribution in [2.24, 2.45) is 10.9 Å². The summed E-state index contributed by atoms with van der Waals surface area (Å²) in [6.07, 6.45) is 3.80. The van der Waals surface area contributed by atoms with Gasteiger partial charge in [0.15, 0.2) is 5.84 Å². The Morgan fingerprint density at radius 1 is 1.13 bits per heavy atom. The Labute approximate surface area is 138 Å². The number of nitrogens with zero attached hydrogens (tertiary/aromatic N) is 3. The molecule has 2 aromatic carbocycles. The molecule has 0 aliphatic rings. The maximum Gasteiger partial charge on any atom is 0.170 e. The third-order valence-electron chi connectivity index (χ3n) is 3.33. The molecule has 3 N–H and O–H groups in total. The van der Waals surface area contributed by atoms with Crippen molar-refractivity contribution in [2.75, 3.05) is 0 Å². The highest BCUT2D eigenvalue weighted by molar-refractivity contribution is 7.98. The van der Waals surface area contributed by atoms with Crippen LogP contribution in [0.5, 0.6) is 0 Å². The number of oxime groups is 1. The summed E-state index contributed by atoms with van der Waals surface area (Å²) in [5, 5.41) is 11.7. The van der Waals surface area contributed by atoms with Crippen LogP contribution >= 0.6 is 11.8 Å². The summed E-state index contributed by atoms with van der Waals surface area (Å²) >= 11 is 1.76. The van der Waals surface area contributed by atoms with E-state index in [2.05, 4.69) is 22.3 Å². The number of thioether (sulfide) groups is 1. The molecule has 1 aromatic heterocycles. The lowest BCUT2D eigenvalue weighted by atomic mass is 10.2. The number of hydrogen-bond acceptors (Lipinski definition) is 4. The smallest absolute Gasteiger partial charge is 0.170 e. The van der Waals surface area contributed by atoms with E-state index in [4.69, 9.17) is 10.9 Å². The molecule has 1 heterocycles. The average molecular weight is 324 g/mol. The summed E-state index contributed by atoms with van der Waals surface area (Å²) in [7, 11) is 0. The van der Waals surface area contributed by atoms with E-state index in [0.29, 0.717) is 5.56 Å². The molecule has 0 unspecified atom stereocenters. The summed E-state index contributed by atoms with van der Waals surface area (Å²) in [6.45, 7) is 0. The van der Waals surface area contributed by atoms with Crippen molar-refractivity contribution in [1.29, 1.82) is 0 Å². The number of amidine groups is 1. The number of nitrogens with two attached hydrogens (primary N) is 1. The lowest BCUT2D eigenvalue weighted by Gasteiger charge is -2.03. The molecule has 0 saturated heterocycles. The van der Waals surface area contributed by atoms with E-state index >= 15 is 0 Å². The Kier molecular flexibility index (Phi) is 4.63. The van der Waals surface area contributed by atoms with Gasteiger partial charge in [0.05, 0.1) is 12.0 Å². The zero-order valence-electron chi connectivity index (χ0n) is 12.3. The molecule has 116 valence electrons. The summed E-state index contributed by atoms with van der Waals surface area (Å²) < 4.78 is 1.96. The summed E-state index contributed by atoms with van der Waals surface area (Å²) in [6, 6.07) is 17.7. The molecule has 23 heavy (non-hydrogen) atoms. The molecule has 0 saturated carbocycles. The fourth-order valence-electron chi connectivity index (χ4n) is 2.12. The SMILES string of the molecule is N/C(=N\O)c1ccc(-n2cnc(CSc3ccccc3)c2)cc1. The van der Waals surface area contributed by atoms with E-state index in [-0.39, 0.29) is 5.84 Å². The van der Waals surface area contributed by atoms with Crippen LogP contribution in [0.15, 0.2) is 77.2 Å². The first-order chi connectivity index (χ1) is 11.3. The van der Waals surface area contributed by atoms with Crippen molar-refractivity contribution >= 4 is 17.6 Å². The highest BCUT2D eigenvalue weighted by atomic mass is 32.2. The average Bonchev–Trinajstić information content (AvgIpc) is 3.09. The minimum Gasteiger partial charge on any atom is -0.409 e. The van der Waals surface area contributed by atoms with Crippen molar-refractivity contribution in [3.8, 4) is 5.69 Å². The van der Waals surface area contributed by atoms with E-state index in [9.17, 15) is 0 Å². The zero-order valence-corrected chi connectivity index (χ0v) is 13.1. The molecule has 6 heteroatoms. The number of hydrogen-bond donors (Lipinski definition) is 2. The van der Waals surface area contributed by atoms with Gasteiger partial charge in [-0.15, -0.1) is 11.8 Å². The zero-order chi connectivity index (χ0) is 16.1. The van der Waals surface area contributed by atoms with E-state index in [0.717, 1.165) is 17.1 Å². The Morgan fingerprint density at radius 3 is 2.57 bits per heavy atom. The van der Waals surface area contributed by atoms with Gasteiger partial charge in [-0.05, 0) is 36.4 Å². The number of rotatable bonds is 5. The van der Waals surface area contributed by atoms with Crippen molar-refractivity contribution in [2.45, 2.75) is 10.6 Å². The Morgan fingerprint density at radius 2 is 1.87 bits per heavy atom. The van der Waals surface area contributed by atoms with Gasteiger partial charge in [-0.1, -0.05) is 23.4 Å². The van der Waals surface area contributed by atoms with Crippen molar-refractivity contribution in [3.63, 3.8) is 0 Å². The highest BCUT2D eigenvalue weighted by Crippen LogP contribution is 2.22. The Bertz CT molecular complexity index is 797. The van der Waals surface area contributed by atoms with Gasteiger partial charge in [0.25, 0.3) is 0 Å². The van der Waals surface area contributed by atoms with Gasteiger partial charge in [-0.3, -0.25) is 0 Å². The maximum atomic E-state index is 8.68. The van der Waals surface area contributed by atoms with Gasteiger partial charge in [0.2, 0.25) is 0 Å². The minimum atomic E-state index is 0.0992. The van der Waals surface area contributed by atoms with Crippen molar-refractivity contribution < 1.29 is 5.21 Å². The monoisotopic (exact) mass is 324 g/mol. The van der Waals surface area contributed by atoms with Crippen LogP contribution in [0.25, 0.3) is 5.69 Å². The van der Waals surface area contributed by atoms with Crippen LogP contribution in [-0.2, 0) is 5.75 Å². The summed E-state index contributed by atoms with van der Waals surface area (Å²) in [5.74, 6) is 0.918. The highest BCUT2D eigenvalue weighted by Gasteiger charge is 2.04. The first-order valence-electron chi connectivity index (χ1n) is 7.05. The predicted octanol–water partition coefficient (Wildman–Crippen LogP) is 3.26. The minimum absolute atomic E-state index is 0.0992. The molecule has 0 radical (unpaired) electrons. The number of benzene rings is 2. The van der Waals surface area contributed by atoms with Gasteiger partial charge in [-0.25, -0.2) is 4.98 Å². The summed E-state index contributed by atoms with van der Waals surface area (Å²) in [5.41, 5.74) is 8.23. The molecule has 0 bridgehead atoms. The fourth-order valence-corrected chi connectivity index (χ4v) is 2.93. The second kappa shape index (κ2) is 7.02. The van der Waals surface area contributed by atoms with Gasteiger partial charge in [0, 0.05) is 28.1 Å². The topological polar surface area (TPSA) is 76.4 Å². The first kappa shape index (κ1) is 15.2. The van der Waals surface area contributed by atoms with Crippen LogP contribution in [-0.4, -0.2) is 20.6 Å². The van der Waals surface area contributed by atoms with Crippen LogP contribution in [0.4, 0.5) is 0 Å². The first-order valence-corrected chi connectivity index (χ1v) is 8.04. The Hall–Kier alpha value is -2.73. The van der Waals surface area contributed by atoms with Gasteiger partial charge >= 0.3 is 0 Å². The maximum absolute atomic E-state index is 8.68. The standard InChI is InChI=1S/C17H16N4OS/c18-17(20-22)13-6-8-15(9-7-13)21-10-14(19-12-21)11-23-16-4-2-1-3-5-16/h1-10,12,22H,11H2,(H2,18,20). The van der Waals surface area contributed by atoms with E-state index in [1.54, 1.807) is 18.1 Å². The van der Waals surface area contributed by atoms with Crippen LogP contribution in [0.1, 0.15) is 11.3 Å². The molecule has 0 spiro atoms. The second-order valence-electron chi connectivity index (χ2n) is 4.91. The normalized spacial score (nSPS) is 11.6. The molecular weight excluding hydrogens is 308 g/mol. The van der Waals surface area contributed by atoms with Crippen LogP contribution in [0.3, 0.4) is 0 Å². The van der Waals surface area contributed by atoms with Gasteiger partial charge < -0.3 is 15.5 Å². The molecular formula is C17H16N4OS. The molecule has 0 fully saturated rings.